The van der Waals surface area contributed by atoms with Gasteiger partial charge in [0.15, 0.2) is 0 Å². The second kappa shape index (κ2) is 9.20. The molecule has 0 unspecified atom stereocenters. The number of pyridine rings is 1. The molecule has 2 heteroatoms. The van der Waals surface area contributed by atoms with Crippen LogP contribution in [-0.4, -0.2) is 18.1 Å². The summed E-state index contributed by atoms with van der Waals surface area (Å²) in [6.07, 6.45) is 4.76. The average molecular weight is 180 g/mol. The van der Waals surface area contributed by atoms with E-state index in [4.69, 9.17) is 0 Å². The Morgan fingerprint density at radius 1 is 1.23 bits per heavy atom. The molecule has 2 nitrogen and oxygen atoms in total. The number of rotatable bonds is 4. The lowest BCUT2D eigenvalue weighted by Gasteiger charge is -2.00. The molecule has 1 rings (SSSR count). The molecule has 1 aromatic rings. The first kappa shape index (κ1) is 12.1. The summed E-state index contributed by atoms with van der Waals surface area (Å²) < 4.78 is 0. The Labute approximate surface area is 81.4 Å². The van der Waals surface area contributed by atoms with Gasteiger partial charge < -0.3 is 5.32 Å². The Morgan fingerprint density at radius 2 is 1.85 bits per heavy atom. The van der Waals surface area contributed by atoms with E-state index in [1.165, 1.54) is 5.56 Å². The van der Waals surface area contributed by atoms with Gasteiger partial charge in [0.2, 0.25) is 0 Å². The van der Waals surface area contributed by atoms with Crippen molar-refractivity contribution in [2.24, 2.45) is 0 Å². The van der Waals surface area contributed by atoms with Gasteiger partial charge in [0.1, 0.15) is 0 Å². The van der Waals surface area contributed by atoms with E-state index >= 15 is 0 Å². The van der Waals surface area contributed by atoms with Gasteiger partial charge in [0.05, 0.1) is 0 Å². The molecular formula is C11H20N2. The maximum absolute atomic E-state index is 3.95. The van der Waals surface area contributed by atoms with Crippen molar-refractivity contribution in [3.05, 3.63) is 30.1 Å². The predicted molar refractivity (Wildman–Crippen MR) is 57.8 cm³/mol. The maximum Gasteiger partial charge on any atom is 0.0270 e. The van der Waals surface area contributed by atoms with Crippen LogP contribution in [0.2, 0.25) is 0 Å². The Balaban J connectivity index is 0.000000671. The Morgan fingerprint density at radius 3 is 2.38 bits per heavy atom. The number of hydrogen-bond donors (Lipinski definition) is 1. The Hall–Kier alpha value is -0.890. The molecule has 0 aliphatic heterocycles. The summed E-state index contributed by atoms with van der Waals surface area (Å²) in [4.78, 5) is 3.95. The molecule has 0 aliphatic rings. The monoisotopic (exact) mass is 180 g/mol. The highest BCUT2D eigenvalue weighted by Gasteiger charge is 1.88. The number of hydrogen-bond acceptors (Lipinski definition) is 2. The van der Waals surface area contributed by atoms with Crippen LogP contribution in [0.5, 0.6) is 0 Å². The van der Waals surface area contributed by atoms with Crippen LogP contribution in [0.4, 0.5) is 0 Å². The highest BCUT2D eigenvalue weighted by atomic mass is 14.8. The minimum atomic E-state index is 1.05. The van der Waals surface area contributed by atoms with Crippen molar-refractivity contribution in [1.82, 2.24) is 10.3 Å². The van der Waals surface area contributed by atoms with Gasteiger partial charge in [-0.25, -0.2) is 0 Å². The summed E-state index contributed by atoms with van der Waals surface area (Å²) in [6.45, 7) is 8.22. The summed E-state index contributed by atoms with van der Waals surface area (Å²) >= 11 is 0. The summed E-state index contributed by atoms with van der Waals surface area (Å²) in [7, 11) is 0. The lowest BCUT2D eigenvalue weighted by molar-refractivity contribution is 0.716. The first-order valence-corrected chi connectivity index (χ1v) is 5.03. The fourth-order valence-corrected chi connectivity index (χ4v) is 0.959. The molecule has 0 saturated heterocycles. The van der Waals surface area contributed by atoms with Gasteiger partial charge in [0.25, 0.3) is 0 Å². The fraction of sp³-hybridized carbons (Fsp3) is 0.545. The van der Waals surface area contributed by atoms with Crippen LogP contribution in [0, 0.1) is 0 Å². The van der Waals surface area contributed by atoms with Crippen molar-refractivity contribution in [2.75, 3.05) is 13.1 Å². The van der Waals surface area contributed by atoms with Crippen molar-refractivity contribution < 1.29 is 0 Å². The summed E-state index contributed by atoms with van der Waals surface area (Å²) in [5.74, 6) is 0. The zero-order chi connectivity index (χ0) is 9.94. The SMILES string of the molecule is CC.CCNCCc1ccncc1. The summed E-state index contributed by atoms with van der Waals surface area (Å²) in [5, 5.41) is 3.28. The van der Waals surface area contributed by atoms with Crippen molar-refractivity contribution in [1.29, 1.82) is 0 Å². The minimum absolute atomic E-state index is 1.05. The largest absolute Gasteiger partial charge is 0.317 e. The molecule has 0 saturated carbocycles. The van der Waals surface area contributed by atoms with Gasteiger partial charge >= 0.3 is 0 Å². The summed E-state index contributed by atoms with van der Waals surface area (Å²) in [6, 6.07) is 4.11. The molecule has 0 fully saturated rings. The summed E-state index contributed by atoms with van der Waals surface area (Å²) in [5.41, 5.74) is 1.35. The molecule has 0 aliphatic carbocycles. The van der Waals surface area contributed by atoms with Gasteiger partial charge in [-0.2, -0.15) is 0 Å². The zero-order valence-corrected chi connectivity index (χ0v) is 8.88. The highest BCUT2D eigenvalue weighted by Crippen LogP contribution is 1.95. The lowest BCUT2D eigenvalue weighted by atomic mass is 10.2. The first-order chi connectivity index (χ1) is 6.43. The van der Waals surface area contributed by atoms with E-state index in [9.17, 15) is 0 Å². The van der Waals surface area contributed by atoms with Crippen molar-refractivity contribution in [3.63, 3.8) is 0 Å². The molecule has 0 atom stereocenters. The molecule has 0 amide bonds. The molecule has 1 aromatic heterocycles. The Kier molecular flexibility index (Phi) is 8.57. The van der Waals surface area contributed by atoms with Crippen LogP contribution in [0.3, 0.4) is 0 Å². The van der Waals surface area contributed by atoms with E-state index in [0.717, 1.165) is 19.5 Å². The molecule has 1 N–H and O–H groups in total. The highest BCUT2D eigenvalue weighted by molar-refractivity contribution is 5.09. The third-order valence-electron chi connectivity index (χ3n) is 1.59. The van der Waals surface area contributed by atoms with Gasteiger partial charge in [0, 0.05) is 12.4 Å². The second-order valence-corrected chi connectivity index (χ2v) is 2.46. The molecule has 74 valence electrons. The third-order valence-corrected chi connectivity index (χ3v) is 1.59. The van der Waals surface area contributed by atoms with E-state index in [1.54, 1.807) is 0 Å². The van der Waals surface area contributed by atoms with Crippen LogP contribution in [-0.2, 0) is 6.42 Å². The van der Waals surface area contributed by atoms with Gasteiger partial charge in [-0.3, -0.25) is 4.98 Å². The number of nitrogens with zero attached hydrogens (tertiary/aromatic N) is 1. The van der Waals surface area contributed by atoms with E-state index in [1.807, 2.05) is 26.2 Å². The standard InChI is InChI=1S/C9H14N2.C2H6/c1-2-10-6-3-9-4-7-11-8-5-9;1-2/h4-5,7-8,10H,2-3,6H2,1H3;1-2H3. The van der Waals surface area contributed by atoms with Crippen LogP contribution >= 0.6 is 0 Å². The second-order valence-electron chi connectivity index (χ2n) is 2.46. The quantitative estimate of drug-likeness (QED) is 0.719. The molecular weight excluding hydrogens is 160 g/mol. The molecule has 0 bridgehead atoms. The number of likely N-dealkylation sites (N-methyl/N-ethyl adjacent to an activating group) is 1. The predicted octanol–water partition coefficient (Wildman–Crippen LogP) is 2.26. The van der Waals surface area contributed by atoms with Gasteiger partial charge in [-0.15, -0.1) is 0 Å². The van der Waals surface area contributed by atoms with E-state index in [-0.39, 0.29) is 0 Å². The van der Waals surface area contributed by atoms with Crippen molar-refractivity contribution in [2.45, 2.75) is 27.2 Å². The van der Waals surface area contributed by atoms with Crippen LogP contribution < -0.4 is 5.32 Å². The van der Waals surface area contributed by atoms with E-state index < -0.39 is 0 Å². The van der Waals surface area contributed by atoms with Gasteiger partial charge in [-0.05, 0) is 37.2 Å². The third kappa shape index (κ3) is 6.29. The van der Waals surface area contributed by atoms with Crippen LogP contribution in [0.25, 0.3) is 0 Å². The number of aromatic nitrogens is 1. The van der Waals surface area contributed by atoms with Crippen LogP contribution in [0.15, 0.2) is 24.5 Å². The Bertz CT molecular complexity index is 185. The van der Waals surface area contributed by atoms with Gasteiger partial charge in [-0.1, -0.05) is 20.8 Å². The lowest BCUT2D eigenvalue weighted by Crippen LogP contribution is -2.15. The minimum Gasteiger partial charge on any atom is -0.317 e. The normalized spacial score (nSPS) is 8.85. The molecule has 13 heavy (non-hydrogen) atoms. The molecule has 0 aromatic carbocycles. The smallest absolute Gasteiger partial charge is 0.0270 e. The fourth-order valence-electron chi connectivity index (χ4n) is 0.959. The maximum atomic E-state index is 3.95. The number of nitrogens with one attached hydrogen (secondary N) is 1. The molecule has 0 spiro atoms. The van der Waals surface area contributed by atoms with Crippen molar-refractivity contribution >= 4 is 0 Å². The van der Waals surface area contributed by atoms with E-state index in [2.05, 4.69) is 29.4 Å². The molecule has 1 heterocycles. The molecule has 0 radical (unpaired) electrons. The average Bonchev–Trinajstić information content (AvgIpc) is 2.23. The zero-order valence-electron chi connectivity index (χ0n) is 8.88. The van der Waals surface area contributed by atoms with E-state index in [0.29, 0.717) is 0 Å². The van der Waals surface area contributed by atoms with Crippen LogP contribution in [0.1, 0.15) is 26.3 Å². The first-order valence-electron chi connectivity index (χ1n) is 5.03. The topological polar surface area (TPSA) is 24.9 Å². The van der Waals surface area contributed by atoms with Crippen molar-refractivity contribution in [3.8, 4) is 0 Å².